The molecule has 0 fully saturated rings. The maximum atomic E-state index is 12.7. The first-order valence-corrected chi connectivity index (χ1v) is 9.93. The topological polar surface area (TPSA) is 75.7 Å². The maximum Gasteiger partial charge on any atom is 0.266 e. The highest BCUT2D eigenvalue weighted by Gasteiger charge is 2.36. The highest BCUT2D eigenvalue weighted by atomic mass is 16.5. The Labute approximate surface area is 178 Å². The van der Waals surface area contributed by atoms with E-state index in [1.165, 1.54) is 6.08 Å². The number of fused-ring (bicyclic) bond motifs is 2. The van der Waals surface area contributed by atoms with E-state index in [1.54, 1.807) is 54.6 Å². The van der Waals surface area contributed by atoms with E-state index in [-0.39, 0.29) is 17.7 Å². The Kier molecular flexibility index (Phi) is 4.59. The number of imide groups is 1. The Bertz CT molecular complexity index is 1230. The molecule has 0 atom stereocenters. The molecular formula is C25H18N2O4. The van der Waals surface area contributed by atoms with Gasteiger partial charge in [0.25, 0.3) is 11.8 Å². The second-order valence-corrected chi connectivity index (χ2v) is 7.33. The van der Waals surface area contributed by atoms with Gasteiger partial charge in [-0.1, -0.05) is 24.3 Å². The Hall–Kier alpha value is -4.19. The standard InChI is InChI=1S/C25H18N2O4/c28-23(11-9-16-8-10-22-17(14-16)12-13-31-22)26-18-4-3-5-19(15-18)27-24(29)20-6-1-2-7-21(20)25(27)30/h1-11,14-15H,12-13H2,(H,26,28)/b11-9+. The van der Waals surface area contributed by atoms with Crippen molar-refractivity contribution < 1.29 is 19.1 Å². The molecule has 6 heteroatoms. The molecule has 3 aromatic carbocycles. The van der Waals surface area contributed by atoms with Crippen molar-refractivity contribution in [3.05, 3.63) is 95.1 Å². The third-order valence-corrected chi connectivity index (χ3v) is 5.31. The molecular weight excluding hydrogens is 392 g/mol. The van der Waals surface area contributed by atoms with E-state index in [9.17, 15) is 14.4 Å². The van der Waals surface area contributed by atoms with Gasteiger partial charge in [-0.05, 0) is 59.7 Å². The molecule has 0 saturated carbocycles. The average Bonchev–Trinajstić information content (AvgIpc) is 3.35. The van der Waals surface area contributed by atoms with Crippen LogP contribution in [0.5, 0.6) is 5.75 Å². The van der Waals surface area contributed by atoms with Crippen LogP contribution in [-0.4, -0.2) is 24.3 Å². The maximum absolute atomic E-state index is 12.7. The van der Waals surface area contributed by atoms with Gasteiger partial charge in [0.2, 0.25) is 5.91 Å². The lowest BCUT2D eigenvalue weighted by Gasteiger charge is -2.15. The van der Waals surface area contributed by atoms with E-state index in [2.05, 4.69) is 5.32 Å². The highest BCUT2D eigenvalue weighted by molar-refractivity contribution is 6.34. The number of hydrogen-bond donors (Lipinski definition) is 1. The van der Waals surface area contributed by atoms with Crippen LogP contribution in [0, 0.1) is 0 Å². The van der Waals surface area contributed by atoms with Crippen molar-refractivity contribution in [1.29, 1.82) is 0 Å². The van der Waals surface area contributed by atoms with E-state index in [0.717, 1.165) is 28.2 Å². The minimum atomic E-state index is -0.371. The number of anilines is 2. The molecule has 0 bridgehead atoms. The molecule has 31 heavy (non-hydrogen) atoms. The van der Waals surface area contributed by atoms with Crippen LogP contribution >= 0.6 is 0 Å². The minimum Gasteiger partial charge on any atom is -0.493 e. The molecule has 5 rings (SSSR count). The number of benzene rings is 3. The van der Waals surface area contributed by atoms with Gasteiger partial charge in [-0.3, -0.25) is 14.4 Å². The number of nitrogens with zero attached hydrogens (tertiary/aromatic N) is 1. The number of carbonyl (C=O) groups is 3. The summed E-state index contributed by atoms with van der Waals surface area (Å²) in [5.41, 5.74) is 3.71. The summed E-state index contributed by atoms with van der Waals surface area (Å²) in [6.07, 6.45) is 4.06. The predicted octanol–water partition coefficient (Wildman–Crippen LogP) is 4.07. The quantitative estimate of drug-likeness (QED) is 0.520. The second-order valence-electron chi connectivity index (χ2n) is 7.33. The van der Waals surface area contributed by atoms with E-state index in [4.69, 9.17) is 4.74 Å². The number of nitrogens with one attached hydrogen (secondary N) is 1. The summed E-state index contributed by atoms with van der Waals surface area (Å²) in [5.74, 6) is -0.156. The molecule has 1 N–H and O–H groups in total. The molecule has 3 amide bonds. The van der Waals surface area contributed by atoms with Gasteiger partial charge in [-0.15, -0.1) is 0 Å². The van der Waals surface area contributed by atoms with Crippen molar-refractivity contribution in [3.8, 4) is 5.75 Å². The van der Waals surface area contributed by atoms with Crippen molar-refractivity contribution in [2.24, 2.45) is 0 Å². The van der Waals surface area contributed by atoms with Crippen molar-refractivity contribution in [2.75, 3.05) is 16.8 Å². The van der Waals surface area contributed by atoms with Gasteiger partial charge in [-0.25, -0.2) is 4.90 Å². The van der Waals surface area contributed by atoms with Gasteiger partial charge in [0.05, 0.1) is 23.4 Å². The predicted molar refractivity (Wildman–Crippen MR) is 117 cm³/mol. The Balaban J connectivity index is 1.31. The lowest BCUT2D eigenvalue weighted by Crippen LogP contribution is -2.29. The molecule has 2 aliphatic heterocycles. The van der Waals surface area contributed by atoms with E-state index >= 15 is 0 Å². The fourth-order valence-corrected chi connectivity index (χ4v) is 3.81. The largest absolute Gasteiger partial charge is 0.493 e. The first-order chi connectivity index (χ1) is 15.1. The van der Waals surface area contributed by atoms with Crippen LogP contribution in [0.1, 0.15) is 31.8 Å². The number of hydrogen-bond acceptors (Lipinski definition) is 4. The zero-order valence-corrected chi connectivity index (χ0v) is 16.5. The summed E-state index contributed by atoms with van der Waals surface area (Å²) >= 11 is 0. The number of carbonyl (C=O) groups excluding carboxylic acids is 3. The Morgan fingerprint density at radius 2 is 1.71 bits per heavy atom. The normalized spacial score (nSPS) is 14.5. The van der Waals surface area contributed by atoms with Crippen molar-refractivity contribution in [3.63, 3.8) is 0 Å². The molecule has 6 nitrogen and oxygen atoms in total. The van der Waals surface area contributed by atoms with Crippen LogP contribution in [0.25, 0.3) is 6.08 Å². The SMILES string of the molecule is O=C(/C=C/c1ccc2c(c1)CCO2)Nc1cccc(N2C(=O)c3ccccc3C2=O)c1. The third-order valence-electron chi connectivity index (χ3n) is 5.31. The fraction of sp³-hybridized carbons (Fsp3) is 0.0800. The Morgan fingerprint density at radius 1 is 0.935 bits per heavy atom. The van der Waals surface area contributed by atoms with Crippen LogP contribution in [0.15, 0.2) is 72.8 Å². The molecule has 0 unspecified atom stereocenters. The van der Waals surface area contributed by atoms with Crippen molar-refractivity contribution >= 4 is 35.2 Å². The van der Waals surface area contributed by atoms with Gasteiger partial charge in [-0.2, -0.15) is 0 Å². The number of rotatable bonds is 4. The lowest BCUT2D eigenvalue weighted by atomic mass is 10.1. The number of amides is 3. The Morgan fingerprint density at radius 3 is 2.48 bits per heavy atom. The van der Waals surface area contributed by atoms with Gasteiger partial charge < -0.3 is 10.1 Å². The van der Waals surface area contributed by atoms with Gasteiger partial charge in [0, 0.05) is 18.2 Å². The highest BCUT2D eigenvalue weighted by Crippen LogP contribution is 2.30. The second kappa shape index (κ2) is 7.57. The summed E-state index contributed by atoms with van der Waals surface area (Å²) in [5, 5.41) is 2.78. The zero-order valence-electron chi connectivity index (χ0n) is 16.5. The summed E-state index contributed by atoms with van der Waals surface area (Å²) in [6.45, 7) is 0.687. The monoisotopic (exact) mass is 410 g/mol. The van der Waals surface area contributed by atoms with Gasteiger partial charge in [0.1, 0.15) is 5.75 Å². The smallest absolute Gasteiger partial charge is 0.266 e. The first kappa shape index (κ1) is 18.8. The van der Waals surface area contributed by atoms with Crippen molar-refractivity contribution in [1.82, 2.24) is 0 Å². The molecule has 2 heterocycles. The van der Waals surface area contributed by atoms with Crippen molar-refractivity contribution in [2.45, 2.75) is 6.42 Å². The van der Waals surface area contributed by atoms with E-state index in [0.29, 0.717) is 29.1 Å². The van der Waals surface area contributed by atoms with Crippen LogP contribution in [0.2, 0.25) is 0 Å². The summed E-state index contributed by atoms with van der Waals surface area (Å²) < 4.78 is 5.49. The average molecular weight is 410 g/mol. The molecule has 0 saturated heterocycles. The molecule has 2 aliphatic rings. The fourth-order valence-electron chi connectivity index (χ4n) is 3.81. The van der Waals surface area contributed by atoms with Crippen LogP contribution in [0.3, 0.4) is 0 Å². The number of ether oxygens (including phenoxy) is 1. The molecule has 0 aromatic heterocycles. The molecule has 152 valence electrons. The first-order valence-electron chi connectivity index (χ1n) is 9.93. The molecule has 0 radical (unpaired) electrons. The van der Waals surface area contributed by atoms with Crippen LogP contribution < -0.4 is 15.0 Å². The van der Waals surface area contributed by atoms with Gasteiger partial charge in [0.15, 0.2) is 0 Å². The minimum absolute atomic E-state index is 0.309. The molecule has 0 aliphatic carbocycles. The zero-order chi connectivity index (χ0) is 21.4. The van der Waals surface area contributed by atoms with E-state index < -0.39 is 0 Å². The van der Waals surface area contributed by atoms with Gasteiger partial charge >= 0.3 is 0 Å². The van der Waals surface area contributed by atoms with Crippen LogP contribution in [-0.2, 0) is 11.2 Å². The lowest BCUT2D eigenvalue weighted by molar-refractivity contribution is -0.111. The van der Waals surface area contributed by atoms with E-state index in [1.807, 2.05) is 18.2 Å². The summed E-state index contributed by atoms with van der Waals surface area (Å²) in [6, 6.07) is 19.2. The van der Waals surface area contributed by atoms with Crippen LogP contribution in [0.4, 0.5) is 11.4 Å². The molecule has 3 aromatic rings. The summed E-state index contributed by atoms with van der Waals surface area (Å²) in [7, 11) is 0. The summed E-state index contributed by atoms with van der Waals surface area (Å²) in [4.78, 5) is 38.9. The molecule has 0 spiro atoms. The third kappa shape index (κ3) is 3.48.